The van der Waals surface area contributed by atoms with Gasteiger partial charge in [-0.3, -0.25) is 14.6 Å². The fourth-order valence-electron chi connectivity index (χ4n) is 1.41. The number of carbonyl (C=O) groups is 2. The van der Waals surface area contributed by atoms with Gasteiger partial charge in [-0.15, -0.1) is 0 Å². The van der Waals surface area contributed by atoms with Crippen LogP contribution >= 0.6 is 23.2 Å². The van der Waals surface area contributed by atoms with Crippen molar-refractivity contribution >= 4 is 40.7 Å². The molecule has 0 unspecified atom stereocenters. The fourth-order valence-corrected chi connectivity index (χ4v) is 1.72. The number of carbonyl (C=O) groups excluding carboxylic acids is 2. The number of hydrogen-bond acceptors (Lipinski definition) is 4. The molecule has 0 aliphatic rings. The van der Waals surface area contributed by atoms with Crippen LogP contribution in [0.4, 0.5) is 5.69 Å². The van der Waals surface area contributed by atoms with Gasteiger partial charge in [0.25, 0.3) is 5.91 Å². The van der Waals surface area contributed by atoms with E-state index in [0.29, 0.717) is 0 Å². The van der Waals surface area contributed by atoms with E-state index in [4.69, 9.17) is 28.9 Å². The Hall–Kier alpha value is -2.18. The molecule has 102 valence electrons. The van der Waals surface area contributed by atoms with E-state index in [-0.39, 0.29) is 27.1 Å². The summed E-state index contributed by atoms with van der Waals surface area (Å²) in [5.41, 5.74) is 5.66. The first-order valence-electron chi connectivity index (χ1n) is 5.35. The molecule has 0 atom stereocenters. The first-order valence-corrected chi connectivity index (χ1v) is 6.11. The molecule has 1 aromatic heterocycles. The normalized spacial score (nSPS) is 10.1. The van der Waals surface area contributed by atoms with Crippen LogP contribution < -0.4 is 11.1 Å². The van der Waals surface area contributed by atoms with Crippen LogP contribution in [0, 0.1) is 0 Å². The Morgan fingerprint density at radius 3 is 2.60 bits per heavy atom. The van der Waals surface area contributed by atoms with Crippen LogP contribution in [-0.4, -0.2) is 21.8 Å². The van der Waals surface area contributed by atoms with Crippen LogP contribution in [0.15, 0.2) is 30.6 Å². The van der Waals surface area contributed by atoms with Crippen LogP contribution in [-0.2, 0) is 0 Å². The van der Waals surface area contributed by atoms with E-state index in [2.05, 4.69) is 15.3 Å². The summed E-state index contributed by atoms with van der Waals surface area (Å²) in [5.74, 6) is -1.18. The summed E-state index contributed by atoms with van der Waals surface area (Å²) >= 11 is 11.6. The highest BCUT2D eigenvalue weighted by molar-refractivity contribution is 6.34. The summed E-state index contributed by atoms with van der Waals surface area (Å²) in [6, 6.07) is 4.29. The minimum absolute atomic E-state index is 0.0260. The summed E-state index contributed by atoms with van der Waals surface area (Å²) in [5, 5.41) is 2.86. The molecule has 0 aliphatic carbocycles. The fraction of sp³-hybridized carbons (Fsp3) is 0. The summed E-state index contributed by atoms with van der Waals surface area (Å²) in [7, 11) is 0. The second-order valence-corrected chi connectivity index (χ2v) is 4.53. The lowest BCUT2D eigenvalue weighted by Gasteiger charge is -2.08. The van der Waals surface area contributed by atoms with Gasteiger partial charge in [0, 0.05) is 5.56 Å². The highest BCUT2D eigenvalue weighted by atomic mass is 35.5. The second-order valence-electron chi connectivity index (χ2n) is 3.74. The summed E-state index contributed by atoms with van der Waals surface area (Å²) in [4.78, 5) is 30.6. The maximum atomic E-state index is 12.0. The molecule has 0 spiro atoms. The van der Waals surface area contributed by atoms with Crippen LogP contribution in [0.25, 0.3) is 0 Å². The van der Waals surface area contributed by atoms with Gasteiger partial charge in [-0.05, 0) is 18.2 Å². The van der Waals surface area contributed by atoms with E-state index >= 15 is 0 Å². The SMILES string of the molecule is NC(=O)c1ccc(Cl)c(NC(=O)c2cncc(Cl)n2)c1. The number of rotatable bonds is 3. The average molecular weight is 311 g/mol. The third-order valence-corrected chi connectivity index (χ3v) is 2.85. The number of benzene rings is 1. The maximum Gasteiger partial charge on any atom is 0.275 e. The molecule has 1 heterocycles. The molecule has 2 aromatic rings. The number of nitrogens with two attached hydrogens (primary N) is 1. The molecule has 2 amide bonds. The summed E-state index contributed by atoms with van der Waals surface area (Å²) < 4.78 is 0. The van der Waals surface area contributed by atoms with Crippen molar-refractivity contribution in [1.29, 1.82) is 0 Å². The Kier molecular flexibility index (Phi) is 4.16. The molecule has 1 aromatic carbocycles. The van der Waals surface area contributed by atoms with Crippen LogP contribution in [0.3, 0.4) is 0 Å². The number of anilines is 1. The van der Waals surface area contributed by atoms with E-state index in [9.17, 15) is 9.59 Å². The van der Waals surface area contributed by atoms with Crippen LogP contribution in [0.2, 0.25) is 10.2 Å². The number of amides is 2. The van der Waals surface area contributed by atoms with E-state index < -0.39 is 11.8 Å². The zero-order chi connectivity index (χ0) is 14.7. The van der Waals surface area contributed by atoms with Gasteiger partial charge >= 0.3 is 0 Å². The van der Waals surface area contributed by atoms with E-state index in [1.54, 1.807) is 0 Å². The number of nitrogens with one attached hydrogen (secondary N) is 1. The predicted octanol–water partition coefficient (Wildman–Crippen LogP) is 2.13. The second kappa shape index (κ2) is 5.85. The van der Waals surface area contributed by atoms with E-state index in [0.717, 1.165) is 0 Å². The van der Waals surface area contributed by atoms with Crippen molar-refractivity contribution in [3.8, 4) is 0 Å². The molecule has 0 saturated heterocycles. The van der Waals surface area contributed by atoms with Crippen molar-refractivity contribution in [2.75, 3.05) is 5.32 Å². The first kappa shape index (κ1) is 14.2. The van der Waals surface area contributed by atoms with Crippen molar-refractivity contribution in [3.63, 3.8) is 0 Å². The van der Waals surface area contributed by atoms with Gasteiger partial charge in [0.05, 0.1) is 23.1 Å². The lowest BCUT2D eigenvalue weighted by molar-refractivity contribution is 0.0995. The smallest absolute Gasteiger partial charge is 0.275 e. The zero-order valence-corrected chi connectivity index (χ0v) is 11.4. The number of primary amides is 1. The summed E-state index contributed by atoms with van der Waals surface area (Å²) in [6.07, 6.45) is 2.56. The van der Waals surface area contributed by atoms with E-state index in [1.807, 2.05) is 0 Å². The van der Waals surface area contributed by atoms with Crippen molar-refractivity contribution < 1.29 is 9.59 Å². The first-order chi connectivity index (χ1) is 9.47. The van der Waals surface area contributed by atoms with Crippen molar-refractivity contribution in [3.05, 3.63) is 52.0 Å². The molecule has 0 saturated carbocycles. The third-order valence-electron chi connectivity index (χ3n) is 2.34. The molecule has 0 bridgehead atoms. The lowest BCUT2D eigenvalue weighted by Crippen LogP contribution is -2.16. The highest BCUT2D eigenvalue weighted by Gasteiger charge is 2.12. The molecule has 3 N–H and O–H groups in total. The molecule has 20 heavy (non-hydrogen) atoms. The topological polar surface area (TPSA) is 98.0 Å². The molecule has 2 rings (SSSR count). The minimum atomic E-state index is -0.625. The monoisotopic (exact) mass is 310 g/mol. The number of hydrogen-bond donors (Lipinski definition) is 2. The van der Waals surface area contributed by atoms with Gasteiger partial charge in [0.15, 0.2) is 0 Å². The Morgan fingerprint density at radius 1 is 1.20 bits per heavy atom. The molecule has 8 heteroatoms. The molecular formula is C12H8Cl2N4O2. The largest absolute Gasteiger partial charge is 0.366 e. The Balaban J connectivity index is 2.27. The molecule has 0 radical (unpaired) electrons. The van der Waals surface area contributed by atoms with Crippen LogP contribution in [0.1, 0.15) is 20.8 Å². The lowest BCUT2D eigenvalue weighted by atomic mass is 10.2. The van der Waals surface area contributed by atoms with Crippen molar-refractivity contribution in [1.82, 2.24) is 9.97 Å². The Morgan fingerprint density at radius 2 is 1.95 bits per heavy atom. The molecular weight excluding hydrogens is 303 g/mol. The molecule has 6 nitrogen and oxygen atoms in total. The average Bonchev–Trinajstić information content (AvgIpc) is 2.41. The Labute approximate surface area is 123 Å². The molecule has 0 fully saturated rings. The third kappa shape index (κ3) is 3.23. The van der Waals surface area contributed by atoms with E-state index in [1.165, 1.54) is 30.6 Å². The quantitative estimate of drug-likeness (QED) is 0.907. The van der Waals surface area contributed by atoms with Crippen molar-refractivity contribution in [2.24, 2.45) is 5.73 Å². The maximum absolute atomic E-state index is 12.0. The predicted molar refractivity (Wildman–Crippen MR) is 75.0 cm³/mol. The molecule has 0 aliphatic heterocycles. The minimum Gasteiger partial charge on any atom is -0.366 e. The van der Waals surface area contributed by atoms with Gasteiger partial charge in [0.2, 0.25) is 5.91 Å². The number of nitrogens with zero attached hydrogens (tertiary/aromatic N) is 2. The highest BCUT2D eigenvalue weighted by Crippen LogP contribution is 2.23. The Bertz CT molecular complexity index is 691. The van der Waals surface area contributed by atoms with Gasteiger partial charge in [-0.25, -0.2) is 4.98 Å². The number of halogens is 2. The standard InChI is InChI=1S/C12H8Cl2N4O2/c13-7-2-1-6(11(15)19)3-8(7)18-12(20)9-4-16-5-10(14)17-9/h1-5H,(H2,15,19)(H,18,20). The van der Waals surface area contributed by atoms with Gasteiger partial charge in [-0.1, -0.05) is 23.2 Å². The zero-order valence-electron chi connectivity index (χ0n) is 9.93. The van der Waals surface area contributed by atoms with Gasteiger partial charge < -0.3 is 11.1 Å². The van der Waals surface area contributed by atoms with Crippen LogP contribution in [0.5, 0.6) is 0 Å². The number of aromatic nitrogens is 2. The van der Waals surface area contributed by atoms with Gasteiger partial charge in [-0.2, -0.15) is 0 Å². The van der Waals surface area contributed by atoms with Gasteiger partial charge in [0.1, 0.15) is 10.8 Å². The summed E-state index contributed by atoms with van der Waals surface area (Å²) in [6.45, 7) is 0. The van der Waals surface area contributed by atoms with Crippen molar-refractivity contribution in [2.45, 2.75) is 0 Å².